The van der Waals surface area contributed by atoms with Gasteiger partial charge in [0.05, 0.1) is 29.0 Å². The van der Waals surface area contributed by atoms with Crippen LogP contribution < -0.4 is 11.3 Å². The Labute approximate surface area is 184 Å². The fraction of sp³-hybridized carbons (Fsp3) is 0.400. The lowest BCUT2D eigenvalue weighted by molar-refractivity contribution is -0.172. The van der Waals surface area contributed by atoms with Crippen LogP contribution in [0.3, 0.4) is 0 Å². The molecule has 0 unspecified atom stereocenters. The highest BCUT2D eigenvalue weighted by Crippen LogP contribution is 2.45. The van der Waals surface area contributed by atoms with Crippen molar-refractivity contribution in [3.8, 4) is 11.4 Å². The molecule has 32 heavy (non-hydrogen) atoms. The number of pyridine rings is 2. The Hall–Kier alpha value is -3.03. The Bertz CT molecular complexity index is 1440. The minimum atomic E-state index is -1.83. The molecule has 3 N–H and O–H groups in total. The number of hydrogen-bond donors (Lipinski definition) is 2. The van der Waals surface area contributed by atoms with Crippen LogP contribution in [0.25, 0.3) is 22.3 Å². The van der Waals surface area contributed by atoms with E-state index < -0.39 is 11.6 Å². The summed E-state index contributed by atoms with van der Waals surface area (Å²) >= 11 is 0. The fourth-order valence-electron chi connectivity index (χ4n) is 5.77. The number of nitrogens with two attached hydrogens (primary N) is 1. The van der Waals surface area contributed by atoms with Crippen LogP contribution in [-0.2, 0) is 34.7 Å². The van der Waals surface area contributed by atoms with Gasteiger partial charge in [-0.1, -0.05) is 6.92 Å². The topological polar surface area (TPSA) is 107 Å². The number of carbonyl (C=O) groups excluding carboxylic acids is 1. The van der Waals surface area contributed by atoms with Crippen molar-refractivity contribution in [1.29, 1.82) is 0 Å². The third-order valence-corrected chi connectivity index (χ3v) is 7.75. The number of aliphatic hydroxyl groups is 1. The molecule has 0 bridgehead atoms. The smallest absolute Gasteiger partial charge is 0.343 e. The highest BCUT2D eigenvalue weighted by atomic mass is 16.6. The molecule has 2 aromatic heterocycles. The van der Waals surface area contributed by atoms with Gasteiger partial charge in [0.1, 0.15) is 6.61 Å². The van der Waals surface area contributed by atoms with E-state index in [1.54, 1.807) is 17.6 Å². The van der Waals surface area contributed by atoms with E-state index in [9.17, 15) is 14.7 Å². The lowest BCUT2D eigenvalue weighted by Crippen LogP contribution is -2.44. The Morgan fingerprint density at radius 1 is 1.25 bits per heavy atom. The maximum absolute atomic E-state index is 13.4. The number of ether oxygens (including phenoxy) is 1. The van der Waals surface area contributed by atoms with Crippen LogP contribution in [-0.4, -0.2) is 20.6 Å². The summed E-state index contributed by atoms with van der Waals surface area (Å²) in [4.78, 5) is 30.8. The van der Waals surface area contributed by atoms with E-state index in [-0.39, 0.29) is 24.6 Å². The van der Waals surface area contributed by atoms with Gasteiger partial charge in [0.15, 0.2) is 5.60 Å². The van der Waals surface area contributed by atoms with E-state index in [2.05, 4.69) is 19.9 Å². The number of carbonyl (C=O) groups is 1. The molecule has 1 aliphatic carbocycles. The third kappa shape index (κ3) is 2.25. The summed E-state index contributed by atoms with van der Waals surface area (Å²) in [5.41, 5.74) is 13.3. The molecule has 2 atom stereocenters. The summed E-state index contributed by atoms with van der Waals surface area (Å²) in [5.74, 6) is -0.714. The average Bonchev–Trinajstić information content (AvgIpc) is 3.14. The van der Waals surface area contributed by atoms with E-state index >= 15 is 0 Å². The fourth-order valence-corrected chi connectivity index (χ4v) is 5.77. The number of rotatable bonds is 1. The van der Waals surface area contributed by atoms with Crippen molar-refractivity contribution >= 4 is 16.9 Å². The van der Waals surface area contributed by atoms with Crippen molar-refractivity contribution in [2.24, 2.45) is 5.73 Å². The molecule has 0 amide bonds. The van der Waals surface area contributed by atoms with Crippen molar-refractivity contribution in [1.82, 2.24) is 9.55 Å². The summed E-state index contributed by atoms with van der Waals surface area (Å²) in [6.07, 6.45) is 1.89. The normalized spacial score (nSPS) is 23.0. The standard InChI is InChI=1S/C25H25N3O4/c1-4-25(31)16-8-19-22-14(9-28(19)23(29)15(16)10-32-24(25)30)20-17(26)6-5-13-12(3)11(2)7-18(27-22)21(13)20/h7-8,17,31H,4-6,9-10,26H2,1-3H3/t17-,25-/m0/s1. The molecule has 3 aliphatic rings. The Balaban J connectivity index is 1.70. The zero-order valence-corrected chi connectivity index (χ0v) is 18.4. The number of esters is 1. The molecule has 2 aliphatic heterocycles. The predicted molar refractivity (Wildman–Crippen MR) is 119 cm³/mol. The minimum Gasteiger partial charge on any atom is -0.458 e. The zero-order chi connectivity index (χ0) is 22.5. The van der Waals surface area contributed by atoms with Crippen molar-refractivity contribution in [2.75, 3.05) is 0 Å². The number of nitrogens with zero attached hydrogens (tertiary/aromatic N) is 2. The molecule has 0 radical (unpaired) electrons. The van der Waals surface area contributed by atoms with Gasteiger partial charge in [-0.2, -0.15) is 0 Å². The SMILES string of the molecule is CC[C@@]1(O)C(=O)OCc2c1cc1n(c2=O)Cc2c-1nc1cc(C)c(C)c3c1c2[C@@H](N)CC3. The average molecular weight is 431 g/mol. The minimum absolute atomic E-state index is 0.123. The van der Waals surface area contributed by atoms with Gasteiger partial charge < -0.3 is 20.1 Å². The largest absolute Gasteiger partial charge is 0.458 e. The second-order valence-corrected chi connectivity index (χ2v) is 9.29. The van der Waals surface area contributed by atoms with Crippen LogP contribution in [0.2, 0.25) is 0 Å². The quantitative estimate of drug-likeness (QED) is 0.449. The molecule has 7 heteroatoms. The Morgan fingerprint density at radius 3 is 2.78 bits per heavy atom. The van der Waals surface area contributed by atoms with Gasteiger partial charge >= 0.3 is 5.97 Å². The van der Waals surface area contributed by atoms with Crippen LogP contribution in [0, 0.1) is 13.8 Å². The van der Waals surface area contributed by atoms with Gasteiger partial charge in [0.25, 0.3) is 5.56 Å². The van der Waals surface area contributed by atoms with E-state index in [1.165, 1.54) is 16.7 Å². The third-order valence-electron chi connectivity index (χ3n) is 7.75. The van der Waals surface area contributed by atoms with E-state index in [0.717, 1.165) is 40.6 Å². The lowest BCUT2D eigenvalue weighted by Gasteiger charge is -2.31. The van der Waals surface area contributed by atoms with Gasteiger partial charge in [0, 0.05) is 22.6 Å². The first kappa shape index (κ1) is 19.6. The molecule has 3 aromatic rings. The molecule has 164 valence electrons. The summed E-state index contributed by atoms with van der Waals surface area (Å²) < 4.78 is 6.85. The first-order valence-electron chi connectivity index (χ1n) is 11.1. The van der Waals surface area contributed by atoms with Crippen molar-refractivity contribution in [3.63, 3.8) is 0 Å². The number of fused-ring (bicyclic) bond motifs is 5. The Morgan fingerprint density at radius 2 is 2.03 bits per heavy atom. The predicted octanol–water partition coefficient (Wildman–Crippen LogP) is 2.64. The van der Waals surface area contributed by atoms with Crippen LogP contribution in [0.4, 0.5) is 0 Å². The van der Waals surface area contributed by atoms with Crippen molar-refractivity contribution in [2.45, 2.75) is 64.8 Å². The summed E-state index contributed by atoms with van der Waals surface area (Å²) in [6.45, 7) is 6.20. The molecule has 6 rings (SSSR count). The Kier molecular flexibility index (Phi) is 3.85. The van der Waals surface area contributed by atoms with Crippen LogP contribution in [0.5, 0.6) is 0 Å². The van der Waals surface area contributed by atoms with Crippen LogP contribution in [0.15, 0.2) is 16.9 Å². The highest BCUT2D eigenvalue weighted by molar-refractivity contribution is 5.93. The maximum Gasteiger partial charge on any atom is 0.343 e. The first-order chi connectivity index (χ1) is 15.3. The lowest BCUT2D eigenvalue weighted by atomic mass is 9.81. The number of benzene rings is 1. The summed E-state index contributed by atoms with van der Waals surface area (Å²) in [6, 6.07) is 3.73. The zero-order valence-electron chi connectivity index (χ0n) is 18.4. The van der Waals surface area contributed by atoms with E-state index in [4.69, 9.17) is 15.5 Å². The molecular formula is C25H25N3O4. The molecule has 0 saturated carbocycles. The van der Waals surface area contributed by atoms with Gasteiger partial charge in [-0.05, 0) is 67.5 Å². The van der Waals surface area contributed by atoms with E-state index in [0.29, 0.717) is 23.4 Å². The molecule has 4 heterocycles. The van der Waals surface area contributed by atoms with E-state index in [1.807, 2.05) is 0 Å². The number of hydrogen-bond acceptors (Lipinski definition) is 6. The summed E-state index contributed by atoms with van der Waals surface area (Å²) in [5, 5.41) is 12.2. The van der Waals surface area contributed by atoms with Gasteiger partial charge in [0.2, 0.25) is 0 Å². The molecule has 0 spiro atoms. The van der Waals surface area contributed by atoms with Gasteiger partial charge in [-0.15, -0.1) is 0 Å². The molecule has 0 fully saturated rings. The second kappa shape index (κ2) is 6.27. The number of aromatic nitrogens is 2. The van der Waals surface area contributed by atoms with Crippen molar-refractivity contribution < 1.29 is 14.6 Å². The molecule has 0 saturated heterocycles. The molecule has 1 aromatic carbocycles. The maximum atomic E-state index is 13.4. The molecule has 7 nitrogen and oxygen atoms in total. The second-order valence-electron chi connectivity index (χ2n) is 9.29. The molecular weight excluding hydrogens is 406 g/mol. The van der Waals surface area contributed by atoms with Gasteiger partial charge in [-0.25, -0.2) is 9.78 Å². The summed E-state index contributed by atoms with van der Waals surface area (Å²) in [7, 11) is 0. The number of aryl methyl sites for hydroxylation is 2. The highest BCUT2D eigenvalue weighted by Gasteiger charge is 2.45. The first-order valence-corrected chi connectivity index (χ1v) is 11.1. The van der Waals surface area contributed by atoms with Crippen LogP contribution >= 0.6 is 0 Å². The van der Waals surface area contributed by atoms with Crippen LogP contribution in [0.1, 0.15) is 64.8 Å². The van der Waals surface area contributed by atoms with Gasteiger partial charge in [-0.3, -0.25) is 4.79 Å². The van der Waals surface area contributed by atoms with Crippen molar-refractivity contribution in [3.05, 3.63) is 61.4 Å². The monoisotopic (exact) mass is 431 g/mol. The number of cyclic esters (lactones) is 1.